The van der Waals surface area contributed by atoms with E-state index in [0.29, 0.717) is 13.1 Å². The molecule has 2 aliphatic rings. The first-order chi connectivity index (χ1) is 6.27. The summed E-state index contributed by atoms with van der Waals surface area (Å²) >= 11 is 0. The van der Waals surface area contributed by atoms with Crippen LogP contribution in [-0.2, 0) is 0 Å². The van der Waals surface area contributed by atoms with E-state index in [9.17, 15) is 4.79 Å². The van der Waals surface area contributed by atoms with Crippen LogP contribution in [-0.4, -0.2) is 42.3 Å². The van der Waals surface area contributed by atoms with Crippen LogP contribution in [0.5, 0.6) is 0 Å². The molecule has 2 aliphatic heterocycles. The minimum Gasteiger partial charge on any atom is -0.465 e. The van der Waals surface area contributed by atoms with Crippen molar-refractivity contribution in [2.45, 2.75) is 12.8 Å². The molecule has 0 aliphatic carbocycles. The molecule has 0 unspecified atom stereocenters. The largest absolute Gasteiger partial charge is 0.465 e. The van der Waals surface area contributed by atoms with Crippen molar-refractivity contribution in [3.8, 4) is 0 Å². The van der Waals surface area contributed by atoms with Gasteiger partial charge in [0.05, 0.1) is 0 Å². The number of carbonyl (C=O) groups is 1. The average molecular weight is 182 g/mol. The zero-order valence-electron chi connectivity index (χ0n) is 7.55. The maximum atomic E-state index is 10.7. The van der Waals surface area contributed by atoms with Crippen molar-refractivity contribution < 1.29 is 9.90 Å². The molecule has 0 bridgehead atoms. The highest BCUT2D eigenvalue weighted by molar-refractivity contribution is 5.65. The predicted molar refractivity (Wildman–Crippen MR) is 48.7 cm³/mol. The summed E-state index contributed by atoms with van der Waals surface area (Å²) in [5.41, 5.74) is 2.77. The summed E-state index contributed by atoms with van der Waals surface area (Å²) in [6.45, 7) is 3.25. The van der Waals surface area contributed by atoms with Gasteiger partial charge in [-0.1, -0.05) is 5.57 Å². The quantitative estimate of drug-likeness (QED) is 0.541. The van der Waals surface area contributed by atoms with E-state index >= 15 is 0 Å². The Morgan fingerprint density at radius 1 is 1.38 bits per heavy atom. The normalized spacial score (nSPS) is 22.9. The number of hydrogen-bond acceptors (Lipinski definition) is 2. The van der Waals surface area contributed by atoms with Crippen LogP contribution in [0.3, 0.4) is 0 Å². The summed E-state index contributed by atoms with van der Waals surface area (Å²) in [6, 6.07) is 0. The lowest BCUT2D eigenvalue weighted by atomic mass is 9.95. The fourth-order valence-electron chi connectivity index (χ4n) is 1.98. The lowest BCUT2D eigenvalue weighted by Crippen LogP contribution is -2.40. The van der Waals surface area contributed by atoms with Crippen LogP contribution < -0.4 is 5.32 Å². The molecule has 0 aromatic heterocycles. The summed E-state index contributed by atoms with van der Waals surface area (Å²) in [7, 11) is 0. The molecule has 0 fully saturated rings. The SMILES string of the molecule is O=C(O)N1CCC2=C(CCNC2)C1. The van der Waals surface area contributed by atoms with Crippen LogP contribution >= 0.6 is 0 Å². The number of nitrogens with one attached hydrogen (secondary N) is 1. The Hall–Kier alpha value is -1.03. The second-order valence-corrected chi connectivity index (χ2v) is 3.59. The van der Waals surface area contributed by atoms with E-state index in [1.54, 1.807) is 0 Å². The molecule has 2 heterocycles. The van der Waals surface area contributed by atoms with Gasteiger partial charge in [-0.15, -0.1) is 0 Å². The van der Waals surface area contributed by atoms with Crippen LogP contribution in [0.15, 0.2) is 11.1 Å². The zero-order chi connectivity index (χ0) is 9.26. The van der Waals surface area contributed by atoms with Crippen molar-refractivity contribution in [2.24, 2.45) is 0 Å². The first-order valence-corrected chi connectivity index (χ1v) is 4.66. The first-order valence-electron chi connectivity index (χ1n) is 4.66. The van der Waals surface area contributed by atoms with Gasteiger partial charge in [0.15, 0.2) is 0 Å². The minimum absolute atomic E-state index is 0.631. The number of carboxylic acid groups (broad SMARTS) is 1. The fraction of sp³-hybridized carbons (Fsp3) is 0.667. The summed E-state index contributed by atoms with van der Waals surface area (Å²) in [4.78, 5) is 12.2. The lowest BCUT2D eigenvalue weighted by Gasteiger charge is -2.31. The van der Waals surface area contributed by atoms with Crippen molar-refractivity contribution >= 4 is 6.09 Å². The lowest BCUT2D eigenvalue weighted by molar-refractivity contribution is 0.146. The Bertz CT molecular complexity index is 260. The molecular formula is C9H14N2O2. The second kappa shape index (κ2) is 3.38. The summed E-state index contributed by atoms with van der Waals surface area (Å²) < 4.78 is 0. The van der Waals surface area contributed by atoms with Gasteiger partial charge in [-0.3, -0.25) is 0 Å². The molecule has 0 aromatic carbocycles. The Morgan fingerprint density at radius 3 is 3.00 bits per heavy atom. The maximum Gasteiger partial charge on any atom is 0.407 e. The van der Waals surface area contributed by atoms with Crippen molar-refractivity contribution in [1.29, 1.82) is 0 Å². The van der Waals surface area contributed by atoms with Gasteiger partial charge in [0.1, 0.15) is 0 Å². The summed E-state index contributed by atoms with van der Waals surface area (Å²) in [5, 5.41) is 12.1. The van der Waals surface area contributed by atoms with E-state index in [1.165, 1.54) is 16.0 Å². The molecule has 0 saturated carbocycles. The highest BCUT2D eigenvalue weighted by Gasteiger charge is 2.23. The molecule has 2 N–H and O–H groups in total. The van der Waals surface area contributed by atoms with Crippen LogP contribution in [0.25, 0.3) is 0 Å². The van der Waals surface area contributed by atoms with Crippen LogP contribution in [0, 0.1) is 0 Å². The number of nitrogens with zero attached hydrogens (tertiary/aromatic N) is 1. The highest BCUT2D eigenvalue weighted by Crippen LogP contribution is 2.22. The molecule has 13 heavy (non-hydrogen) atoms. The molecule has 0 spiro atoms. The Kier molecular flexibility index (Phi) is 2.22. The Balaban J connectivity index is 2.09. The Labute approximate surface area is 77.2 Å². The Morgan fingerprint density at radius 2 is 2.23 bits per heavy atom. The van der Waals surface area contributed by atoms with Crippen LogP contribution in [0.4, 0.5) is 4.79 Å². The predicted octanol–water partition coefficient (Wildman–Crippen LogP) is 0.660. The van der Waals surface area contributed by atoms with E-state index < -0.39 is 6.09 Å². The molecule has 72 valence electrons. The molecule has 2 rings (SSSR count). The zero-order valence-corrected chi connectivity index (χ0v) is 7.55. The highest BCUT2D eigenvalue weighted by atomic mass is 16.4. The molecule has 0 radical (unpaired) electrons. The smallest absolute Gasteiger partial charge is 0.407 e. The monoisotopic (exact) mass is 182 g/mol. The van der Waals surface area contributed by atoms with Crippen LogP contribution in [0.1, 0.15) is 12.8 Å². The maximum absolute atomic E-state index is 10.7. The van der Waals surface area contributed by atoms with Crippen molar-refractivity contribution in [3.05, 3.63) is 11.1 Å². The van der Waals surface area contributed by atoms with Gasteiger partial charge in [0.2, 0.25) is 0 Å². The van der Waals surface area contributed by atoms with E-state index in [-0.39, 0.29) is 0 Å². The third-order valence-corrected chi connectivity index (χ3v) is 2.78. The third-order valence-electron chi connectivity index (χ3n) is 2.78. The fourth-order valence-corrected chi connectivity index (χ4v) is 1.98. The van der Waals surface area contributed by atoms with Gasteiger partial charge in [-0.05, 0) is 25.0 Å². The molecular weight excluding hydrogens is 168 g/mol. The molecule has 0 atom stereocenters. The molecule has 1 amide bonds. The molecule has 4 heteroatoms. The van der Waals surface area contributed by atoms with Crippen molar-refractivity contribution in [1.82, 2.24) is 10.2 Å². The van der Waals surface area contributed by atoms with Crippen molar-refractivity contribution in [2.75, 3.05) is 26.2 Å². The second-order valence-electron chi connectivity index (χ2n) is 3.59. The number of rotatable bonds is 0. The molecule has 0 aromatic rings. The first kappa shape index (κ1) is 8.56. The van der Waals surface area contributed by atoms with E-state index in [4.69, 9.17) is 5.11 Å². The minimum atomic E-state index is -0.787. The molecule has 4 nitrogen and oxygen atoms in total. The van der Waals surface area contributed by atoms with Gasteiger partial charge >= 0.3 is 6.09 Å². The third kappa shape index (κ3) is 1.67. The van der Waals surface area contributed by atoms with E-state index in [2.05, 4.69) is 5.32 Å². The van der Waals surface area contributed by atoms with Gasteiger partial charge in [0, 0.05) is 19.6 Å². The summed E-state index contributed by atoms with van der Waals surface area (Å²) in [5.74, 6) is 0. The topological polar surface area (TPSA) is 52.6 Å². The van der Waals surface area contributed by atoms with Gasteiger partial charge < -0.3 is 15.3 Å². The van der Waals surface area contributed by atoms with Gasteiger partial charge in [-0.25, -0.2) is 4.79 Å². The summed E-state index contributed by atoms with van der Waals surface area (Å²) in [6.07, 6.45) is 1.14. The van der Waals surface area contributed by atoms with E-state index in [1.807, 2.05) is 0 Å². The average Bonchev–Trinajstić information content (AvgIpc) is 2.17. The molecule has 0 saturated heterocycles. The van der Waals surface area contributed by atoms with Gasteiger partial charge in [-0.2, -0.15) is 0 Å². The number of amides is 1. The van der Waals surface area contributed by atoms with Crippen molar-refractivity contribution in [3.63, 3.8) is 0 Å². The standard InChI is InChI=1S/C9H14N2O2/c12-9(13)11-4-2-7-5-10-3-1-8(7)6-11/h10H,1-6H2,(H,12,13). The van der Waals surface area contributed by atoms with E-state index in [0.717, 1.165) is 25.9 Å². The van der Waals surface area contributed by atoms with Crippen LogP contribution in [0.2, 0.25) is 0 Å². The number of hydrogen-bond donors (Lipinski definition) is 2. The van der Waals surface area contributed by atoms with Gasteiger partial charge in [0.25, 0.3) is 0 Å².